The largest absolute Gasteiger partial charge is 0.344 e. The van der Waals surface area contributed by atoms with E-state index in [0.29, 0.717) is 17.2 Å². The summed E-state index contributed by atoms with van der Waals surface area (Å²) >= 11 is 1.52. The molecule has 120 valence electrons. The minimum atomic E-state index is -0.541. The van der Waals surface area contributed by atoms with Crippen LogP contribution in [0.15, 0.2) is 24.3 Å². The van der Waals surface area contributed by atoms with E-state index in [4.69, 9.17) is 0 Å². The van der Waals surface area contributed by atoms with Crippen molar-refractivity contribution >= 4 is 17.2 Å². The molecule has 0 unspecified atom stereocenters. The Balaban J connectivity index is 1.63. The monoisotopic (exact) mass is 330 g/mol. The van der Waals surface area contributed by atoms with Crippen LogP contribution in [0.2, 0.25) is 0 Å². The predicted octanol–water partition coefficient (Wildman–Crippen LogP) is 4.02. The summed E-state index contributed by atoms with van der Waals surface area (Å²) in [5, 5.41) is 3.95. The molecule has 5 heteroatoms. The molecule has 2 saturated carbocycles. The lowest BCUT2D eigenvalue weighted by Gasteiger charge is -2.24. The van der Waals surface area contributed by atoms with Crippen molar-refractivity contribution in [3.8, 4) is 11.3 Å². The molecule has 4 rings (SSSR count). The number of hydrogen-bond acceptors (Lipinski definition) is 3. The fourth-order valence-electron chi connectivity index (χ4n) is 3.10. The van der Waals surface area contributed by atoms with Crippen LogP contribution in [-0.4, -0.2) is 10.9 Å². The van der Waals surface area contributed by atoms with Crippen LogP contribution in [0.4, 0.5) is 4.39 Å². The molecule has 1 amide bonds. The summed E-state index contributed by atoms with van der Waals surface area (Å²) in [7, 11) is 0. The molecular formula is C18H19FN2OS. The average molecular weight is 330 g/mol. The molecule has 0 saturated heterocycles. The first-order valence-corrected chi connectivity index (χ1v) is 8.70. The lowest BCUT2D eigenvalue weighted by atomic mass is 10.0. The van der Waals surface area contributed by atoms with Gasteiger partial charge in [0, 0.05) is 10.4 Å². The number of benzene rings is 1. The molecule has 23 heavy (non-hydrogen) atoms. The molecule has 1 N–H and O–H groups in total. The van der Waals surface area contributed by atoms with Crippen molar-refractivity contribution in [2.75, 3.05) is 0 Å². The zero-order valence-electron chi connectivity index (χ0n) is 13.4. The number of halogens is 1. The zero-order chi connectivity index (χ0) is 16.4. The van der Waals surface area contributed by atoms with Gasteiger partial charge in [-0.15, -0.1) is 11.3 Å². The fourth-order valence-corrected chi connectivity index (χ4v) is 4.09. The second-order valence-corrected chi connectivity index (χ2v) is 8.45. The van der Waals surface area contributed by atoms with Crippen LogP contribution in [0.25, 0.3) is 11.3 Å². The van der Waals surface area contributed by atoms with Gasteiger partial charge in [-0.25, -0.2) is 9.37 Å². The molecule has 1 heterocycles. The van der Waals surface area contributed by atoms with E-state index in [-0.39, 0.29) is 17.1 Å². The minimum Gasteiger partial charge on any atom is -0.344 e. The first kappa shape index (κ1) is 14.8. The van der Waals surface area contributed by atoms with Crippen LogP contribution >= 0.6 is 11.3 Å². The molecule has 2 fully saturated rings. The lowest BCUT2D eigenvalue weighted by molar-refractivity contribution is -0.126. The summed E-state index contributed by atoms with van der Waals surface area (Å²) in [6.45, 7) is 5.87. The molecule has 2 aliphatic rings. The third-order valence-corrected chi connectivity index (χ3v) is 6.32. The number of rotatable bonds is 4. The molecule has 0 atom stereocenters. The van der Waals surface area contributed by atoms with Gasteiger partial charge in [-0.1, -0.05) is 12.1 Å². The number of hydrogen-bond donors (Lipinski definition) is 1. The Morgan fingerprint density at radius 2 is 2.04 bits per heavy atom. The Hall–Kier alpha value is -1.75. The van der Waals surface area contributed by atoms with Crippen LogP contribution < -0.4 is 5.32 Å². The van der Waals surface area contributed by atoms with Crippen LogP contribution in [0.5, 0.6) is 0 Å². The lowest BCUT2D eigenvalue weighted by Crippen LogP contribution is -2.43. The first-order chi connectivity index (χ1) is 10.8. The second-order valence-electron chi connectivity index (χ2n) is 7.24. The van der Waals surface area contributed by atoms with E-state index in [1.807, 2.05) is 26.8 Å². The number of aryl methyl sites for hydroxylation is 1. The summed E-state index contributed by atoms with van der Waals surface area (Å²) in [5.41, 5.74) is 0.579. The van der Waals surface area contributed by atoms with Crippen molar-refractivity contribution in [2.45, 2.75) is 39.2 Å². The quantitative estimate of drug-likeness (QED) is 0.920. The highest BCUT2D eigenvalue weighted by molar-refractivity contribution is 7.12. The van der Waals surface area contributed by atoms with Crippen molar-refractivity contribution in [3.05, 3.63) is 40.0 Å². The summed E-state index contributed by atoms with van der Waals surface area (Å²) in [4.78, 5) is 18.0. The van der Waals surface area contributed by atoms with Crippen LogP contribution in [0.3, 0.4) is 0 Å². The van der Waals surface area contributed by atoms with Gasteiger partial charge in [0.1, 0.15) is 10.8 Å². The molecule has 0 aliphatic heterocycles. The molecule has 3 nitrogen and oxygen atoms in total. The molecule has 0 spiro atoms. The van der Waals surface area contributed by atoms with E-state index < -0.39 is 5.54 Å². The van der Waals surface area contributed by atoms with Crippen molar-refractivity contribution in [3.63, 3.8) is 0 Å². The Labute approximate surface area is 138 Å². The van der Waals surface area contributed by atoms with Gasteiger partial charge >= 0.3 is 0 Å². The fraction of sp³-hybridized carbons (Fsp3) is 0.444. The van der Waals surface area contributed by atoms with E-state index in [1.54, 1.807) is 12.1 Å². The van der Waals surface area contributed by atoms with Crippen LogP contribution in [-0.2, 0) is 10.3 Å². The minimum absolute atomic E-state index is 0.0576. The van der Waals surface area contributed by atoms with Gasteiger partial charge in [0.05, 0.1) is 16.6 Å². The molecule has 2 aliphatic carbocycles. The zero-order valence-corrected chi connectivity index (χ0v) is 14.3. The smallest absolute Gasteiger partial charge is 0.227 e. The standard InChI is InChI=1S/C18H19FN2OS/c1-10-14(12-6-4-5-7-13(12)19)20-16(23-10)17(2,3)21-15(22)18-8-11(18)9-18/h4-7,11H,8-9H2,1-3H3,(H,21,22). The van der Waals surface area contributed by atoms with Crippen molar-refractivity contribution < 1.29 is 9.18 Å². The molecular weight excluding hydrogens is 311 g/mol. The van der Waals surface area contributed by atoms with Gasteiger partial charge in [0.15, 0.2) is 0 Å². The van der Waals surface area contributed by atoms with E-state index >= 15 is 0 Å². The Kier molecular flexibility index (Phi) is 2.98. The van der Waals surface area contributed by atoms with Gasteiger partial charge in [-0.3, -0.25) is 4.79 Å². The predicted molar refractivity (Wildman–Crippen MR) is 88.6 cm³/mol. The Morgan fingerprint density at radius 1 is 1.39 bits per heavy atom. The van der Waals surface area contributed by atoms with Crippen molar-refractivity contribution in [2.24, 2.45) is 11.3 Å². The van der Waals surface area contributed by atoms with E-state index in [2.05, 4.69) is 10.3 Å². The van der Waals surface area contributed by atoms with Gasteiger partial charge in [0.25, 0.3) is 0 Å². The molecule has 0 radical (unpaired) electrons. The third kappa shape index (κ3) is 2.29. The number of fused-ring (bicyclic) bond motifs is 1. The number of nitrogens with one attached hydrogen (secondary N) is 1. The Morgan fingerprint density at radius 3 is 2.65 bits per heavy atom. The number of thiazole rings is 1. The highest BCUT2D eigenvalue weighted by Crippen LogP contribution is 2.75. The van der Waals surface area contributed by atoms with Crippen LogP contribution in [0, 0.1) is 24.1 Å². The molecule has 0 bridgehead atoms. The summed E-state index contributed by atoms with van der Waals surface area (Å²) in [6, 6.07) is 6.67. The molecule has 2 aromatic rings. The Bertz CT molecular complexity index is 805. The number of carbonyl (C=O) groups excluding carboxylic acids is 1. The summed E-state index contributed by atoms with van der Waals surface area (Å²) < 4.78 is 14.0. The summed E-state index contributed by atoms with van der Waals surface area (Å²) in [5.74, 6) is 0.491. The van der Waals surface area contributed by atoms with E-state index in [9.17, 15) is 9.18 Å². The second kappa shape index (κ2) is 4.63. The highest BCUT2D eigenvalue weighted by atomic mass is 32.1. The van der Waals surface area contributed by atoms with Crippen molar-refractivity contribution in [1.29, 1.82) is 0 Å². The third-order valence-electron chi connectivity index (χ3n) is 5.02. The van der Waals surface area contributed by atoms with Gasteiger partial charge in [-0.2, -0.15) is 0 Å². The highest BCUT2D eigenvalue weighted by Gasteiger charge is 2.74. The SMILES string of the molecule is Cc1sc(C(C)(C)NC(=O)C23CC2C3)nc1-c1ccccc1F. The van der Waals surface area contributed by atoms with E-state index in [1.165, 1.54) is 17.4 Å². The van der Waals surface area contributed by atoms with Gasteiger partial charge in [0.2, 0.25) is 5.91 Å². The van der Waals surface area contributed by atoms with Gasteiger partial charge in [-0.05, 0) is 51.7 Å². The average Bonchev–Trinajstić information content (AvgIpc) is 3.30. The molecule has 1 aromatic heterocycles. The summed E-state index contributed by atoms with van der Waals surface area (Å²) in [6.07, 6.45) is 2.07. The topological polar surface area (TPSA) is 42.0 Å². The molecule has 1 aromatic carbocycles. The first-order valence-electron chi connectivity index (χ1n) is 7.89. The van der Waals surface area contributed by atoms with Gasteiger partial charge < -0.3 is 5.32 Å². The van der Waals surface area contributed by atoms with Crippen molar-refractivity contribution in [1.82, 2.24) is 10.3 Å². The maximum atomic E-state index is 14.0. The normalized spacial score (nSPS) is 25.0. The number of amides is 1. The van der Waals surface area contributed by atoms with Crippen LogP contribution in [0.1, 0.15) is 36.6 Å². The maximum Gasteiger partial charge on any atom is 0.227 e. The number of carbonyl (C=O) groups is 1. The number of aromatic nitrogens is 1. The van der Waals surface area contributed by atoms with E-state index in [0.717, 1.165) is 22.7 Å². The maximum absolute atomic E-state index is 14.0. The number of nitrogens with zero attached hydrogens (tertiary/aromatic N) is 1.